The van der Waals surface area contributed by atoms with Gasteiger partial charge in [0.1, 0.15) is 0 Å². The topological polar surface area (TPSA) is 35.6 Å². The van der Waals surface area contributed by atoms with Crippen molar-refractivity contribution in [2.75, 3.05) is 42.5 Å². The predicted octanol–water partition coefficient (Wildman–Crippen LogP) is 1.56. The lowest BCUT2D eigenvalue weighted by Crippen LogP contribution is -2.43. The number of carbonyl (C=O) groups excluding carboxylic acids is 1. The number of piperazine rings is 1. The van der Waals surface area contributed by atoms with Crippen molar-refractivity contribution < 1.29 is 4.79 Å². The van der Waals surface area contributed by atoms with E-state index < -0.39 is 0 Å². The minimum absolute atomic E-state index is 0.181. The molecule has 2 heterocycles. The Bertz CT molecular complexity index is 547. The molecule has 0 saturated carbocycles. The summed E-state index contributed by atoms with van der Waals surface area (Å²) in [7, 11) is 0. The standard InChI is InChI=1S/C16H21N3O/c1-12(2)11-19-15-4-3-14(9-13(15)10-16(19)20)18-7-5-17-6-8-18/h3-4,9,17H,1,5-8,10-11H2,2H3. The molecule has 106 valence electrons. The number of benzene rings is 1. The number of fused-ring (bicyclic) bond motifs is 1. The molecule has 1 fully saturated rings. The van der Waals surface area contributed by atoms with Gasteiger partial charge in [0.2, 0.25) is 5.91 Å². The Balaban J connectivity index is 1.85. The van der Waals surface area contributed by atoms with Gasteiger partial charge in [-0.05, 0) is 30.7 Å². The number of hydrogen-bond donors (Lipinski definition) is 1. The molecule has 1 saturated heterocycles. The third-order valence-electron chi connectivity index (χ3n) is 3.91. The zero-order valence-electron chi connectivity index (χ0n) is 12.0. The summed E-state index contributed by atoms with van der Waals surface area (Å²) in [6.07, 6.45) is 0.516. The first-order valence-electron chi connectivity index (χ1n) is 7.18. The van der Waals surface area contributed by atoms with E-state index >= 15 is 0 Å². The normalized spacial score (nSPS) is 18.4. The van der Waals surface area contributed by atoms with E-state index in [-0.39, 0.29) is 5.91 Å². The van der Waals surface area contributed by atoms with E-state index in [1.807, 2.05) is 11.8 Å². The van der Waals surface area contributed by atoms with Crippen LogP contribution in [0.15, 0.2) is 30.4 Å². The predicted molar refractivity (Wildman–Crippen MR) is 82.4 cm³/mol. The fourth-order valence-corrected chi connectivity index (χ4v) is 2.93. The molecular formula is C16H21N3O. The van der Waals surface area contributed by atoms with Gasteiger partial charge in [-0.2, -0.15) is 0 Å². The number of carbonyl (C=O) groups is 1. The van der Waals surface area contributed by atoms with Crippen LogP contribution in [0.4, 0.5) is 11.4 Å². The fourth-order valence-electron chi connectivity index (χ4n) is 2.93. The second-order valence-electron chi connectivity index (χ2n) is 5.66. The lowest BCUT2D eigenvalue weighted by atomic mass is 10.1. The molecule has 2 aliphatic rings. The van der Waals surface area contributed by atoms with Crippen LogP contribution in [-0.2, 0) is 11.2 Å². The highest BCUT2D eigenvalue weighted by Gasteiger charge is 2.27. The zero-order chi connectivity index (χ0) is 14.1. The van der Waals surface area contributed by atoms with Gasteiger partial charge in [0.15, 0.2) is 0 Å². The summed E-state index contributed by atoms with van der Waals surface area (Å²) in [4.78, 5) is 16.3. The summed E-state index contributed by atoms with van der Waals surface area (Å²) < 4.78 is 0. The van der Waals surface area contributed by atoms with Crippen LogP contribution in [0.1, 0.15) is 12.5 Å². The Morgan fingerprint density at radius 1 is 1.35 bits per heavy atom. The van der Waals surface area contributed by atoms with Crippen molar-refractivity contribution in [2.45, 2.75) is 13.3 Å². The van der Waals surface area contributed by atoms with Gasteiger partial charge >= 0.3 is 0 Å². The summed E-state index contributed by atoms with van der Waals surface area (Å²) in [6, 6.07) is 6.39. The average molecular weight is 271 g/mol. The maximum absolute atomic E-state index is 12.1. The Kier molecular flexibility index (Phi) is 3.49. The molecule has 1 N–H and O–H groups in total. The maximum Gasteiger partial charge on any atom is 0.231 e. The summed E-state index contributed by atoms with van der Waals surface area (Å²) in [5.41, 5.74) is 4.44. The minimum atomic E-state index is 0.181. The summed E-state index contributed by atoms with van der Waals surface area (Å²) >= 11 is 0. The smallest absolute Gasteiger partial charge is 0.231 e. The number of nitrogens with one attached hydrogen (secondary N) is 1. The van der Waals surface area contributed by atoms with Gasteiger partial charge in [-0.15, -0.1) is 0 Å². The van der Waals surface area contributed by atoms with E-state index in [1.54, 1.807) is 0 Å². The molecule has 0 atom stereocenters. The van der Waals surface area contributed by atoms with Crippen LogP contribution in [0.25, 0.3) is 0 Å². The third-order valence-corrected chi connectivity index (χ3v) is 3.91. The maximum atomic E-state index is 12.1. The molecule has 0 unspecified atom stereocenters. The van der Waals surface area contributed by atoms with Crippen molar-refractivity contribution in [3.05, 3.63) is 35.9 Å². The average Bonchev–Trinajstić information content (AvgIpc) is 2.75. The van der Waals surface area contributed by atoms with E-state index in [1.165, 1.54) is 5.69 Å². The van der Waals surface area contributed by atoms with Crippen molar-refractivity contribution in [1.29, 1.82) is 0 Å². The monoisotopic (exact) mass is 271 g/mol. The summed E-state index contributed by atoms with van der Waals surface area (Å²) in [6.45, 7) is 10.6. The molecule has 0 radical (unpaired) electrons. The highest BCUT2D eigenvalue weighted by Crippen LogP contribution is 2.32. The highest BCUT2D eigenvalue weighted by molar-refractivity contribution is 6.02. The van der Waals surface area contributed by atoms with E-state index in [9.17, 15) is 4.79 Å². The van der Waals surface area contributed by atoms with Gasteiger partial charge in [0.05, 0.1) is 6.42 Å². The summed E-state index contributed by atoms with van der Waals surface area (Å²) in [5, 5.41) is 3.36. The second kappa shape index (κ2) is 5.29. The van der Waals surface area contributed by atoms with E-state index in [0.29, 0.717) is 13.0 Å². The first kappa shape index (κ1) is 13.2. The van der Waals surface area contributed by atoms with Gasteiger partial charge in [0, 0.05) is 44.1 Å². The van der Waals surface area contributed by atoms with Gasteiger partial charge < -0.3 is 15.1 Å². The summed E-state index contributed by atoms with van der Waals surface area (Å²) in [5.74, 6) is 0.181. The quantitative estimate of drug-likeness (QED) is 0.848. The molecule has 4 nitrogen and oxygen atoms in total. The molecule has 1 aromatic carbocycles. The van der Waals surface area contributed by atoms with Crippen LogP contribution >= 0.6 is 0 Å². The first-order chi connectivity index (χ1) is 9.65. The van der Waals surface area contributed by atoms with Crippen LogP contribution in [0, 0.1) is 0 Å². The van der Waals surface area contributed by atoms with Gasteiger partial charge in [-0.3, -0.25) is 4.79 Å². The van der Waals surface area contributed by atoms with Gasteiger partial charge in [-0.1, -0.05) is 12.2 Å². The Morgan fingerprint density at radius 2 is 2.10 bits per heavy atom. The lowest BCUT2D eigenvalue weighted by molar-refractivity contribution is -0.117. The van der Waals surface area contributed by atoms with Crippen molar-refractivity contribution in [3.63, 3.8) is 0 Å². The van der Waals surface area contributed by atoms with Crippen LogP contribution in [0.5, 0.6) is 0 Å². The minimum Gasteiger partial charge on any atom is -0.369 e. The van der Waals surface area contributed by atoms with Gasteiger partial charge in [0.25, 0.3) is 0 Å². The molecule has 0 aliphatic carbocycles. The van der Waals surface area contributed by atoms with Crippen LogP contribution in [0.3, 0.4) is 0 Å². The second-order valence-corrected chi connectivity index (χ2v) is 5.66. The Hall–Kier alpha value is -1.81. The van der Waals surface area contributed by atoms with Crippen molar-refractivity contribution in [3.8, 4) is 0 Å². The molecule has 20 heavy (non-hydrogen) atoms. The molecule has 0 spiro atoms. The first-order valence-corrected chi connectivity index (χ1v) is 7.18. The molecule has 1 aromatic rings. The largest absolute Gasteiger partial charge is 0.369 e. The lowest BCUT2D eigenvalue weighted by Gasteiger charge is -2.30. The molecule has 1 amide bonds. The van der Waals surface area contributed by atoms with Crippen LogP contribution < -0.4 is 15.1 Å². The van der Waals surface area contributed by atoms with Gasteiger partial charge in [-0.25, -0.2) is 0 Å². The molecule has 2 aliphatic heterocycles. The van der Waals surface area contributed by atoms with E-state index in [2.05, 4.69) is 35.0 Å². The SMILES string of the molecule is C=C(C)CN1C(=O)Cc2cc(N3CCNCC3)ccc21. The van der Waals surface area contributed by atoms with Crippen molar-refractivity contribution in [2.24, 2.45) is 0 Å². The number of hydrogen-bond acceptors (Lipinski definition) is 3. The Morgan fingerprint density at radius 3 is 2.80 bits per heavy atom. The Labute approximate surface area is 120 Å². The third kappa shape index (κ3) is 2.43. The fraction of sp³-hybridized carbons (Fsp3) is 0.438. The van der Waals surface area contributed by atoms with E-state index in [0.717, 1.165) is 43.0 Å². The van der Waals surface area contributed by atoms with E-state index in [4.69, 9.17) is 0 Å². The number of amides is 1. The molecule has 0 aromatic heterocycles. The molecule has 4 heteroatoms. The molecule has 0 bridgehead atoms. The molecular weight excluding hydrogens is 250 g/mol. The van der Waals surface area contributed by atoms with Crippen LogP contribution in [-0.4, -0.2) is 38.6 Å². The number of rotatable bonds is 3. The van der Waals surface area contributed by atoms with Crippen LogP contribution in [0.2, 0.25) is 0 Å². The highest BCUT2D eigenvalue weighted by atomic mass is 16.2. The molecule has 3 rings (SSSR count). The van der Waals surface area contributed by atoms with Crippen molar-refractivity contribution >= 4 is 17.3 Å². The number of nitrogens with zero attached hydrogens (tertiary/aromatic N) is 2. The van der Waals surface area contributed by atoms with Crippen molar-refractivity contribution in [1.82, 2.24) is 5.32 Å². The zero-order valence-corrected chi connectivity index (χ0v) is 12.0. The number of anilines is 2.